The Hall–Kier alpha value is -2.96. The molecule has 1 aromatic heterocycles. The van der Waals surface area contributed by atoms with Gasteiger partial charge in [-0.2, -0.15) is 0 Å². The molecule has 0 aliphatic rings. The van der Waals surface area contributed by atoms with Crippen LogP contribution in [0.2, 0.25) is 0 Å². The van der Waals surface area contributed by atoms with Gasteiger partial charge in [0.05, 0.1) is 0 Å². The summed E-state index contributed by atoms with van der Waals surface area (Å²) >= 11 is 0. The van der Waals surface area contributed by atoms with Crippen LogP contribution in [0.15, 0.2) is 36.5 Å². The molecule has 114 valence electrons. The summed E-state index contributed by atoms with van der Waals surface area (Å²) in [4.78, 5) is 26.3. The summed E-state index contributed by atoms with van der Waals surface area (Å²) < 4.78 is 13.2. The molecule has 0 aliphatic heterocycles. The molecule has 7 heteroatoms. The predicted molar refractivity (Wildman–Crippen MR) is 75.9 cm³/mol. The van der Waals surface area contributed by atoms with E-state index in [1.165, 1.54) is 37.4 Å². The summed E-state index contributed by atoms with van der Waals surface area (Å²) in [5, 5.41) is 20.8. The molecule has 0 bridgehead atoms. The maximum atomic E-state index is 13.2. The van der Waals surface area contributed by atoms with Gasteiger partial charge in [-0.3, -0.25) is 9.59 Å². The Morgan fingerprint density at radius 1 is 1.27 bits per heavy atom. The highest BCUT2D eigenvalue weighted by molar-refractivity contribution is 5.97. The van der Waals surface area contributed by atoms with Crippen molar-refractivity contribution in [3.63, 3.8) is 0 Å². The van der Waals surface area contributed by atoms with Crippen molar-refractivity contribution in [2.45, 2.75) is 13.0 Å². The van der Waals surface area contributed by atoms with Gasteiger partial charge >= 0.3 is 5.97 Å². The van der Waals surface area contributed by atoms with E-state index >= 15 is 0 Å². The van der Waals surface area contributed by atoms with Crippen LogP contribution in [0.4, 0.5) is 4.39 Å². The standard InChI is InChI=1S/C15H13FN2O4/c1-8(15(21)22)18-14(20)13-12(19)6-10(7-17-13)9-3-2-4-11(16)5-9/h2-8,19H,1H3,(H,18,20)(H,21,22). The molecule has 1 heterocycles. The molecule has 0 fully saturated rings. The van der Waals surface area contributed by atoms with Gasteiger partial charge in [-0.25, -0.2) is 9.37 Å². The highest BCUT2D eigenvalue weighted by Crippen LogP contribution is 2.25. The van der Waals surface area contributed by atoms with Gasteiger partial charge in [-0.15, -0.1) is 0 Å². The number of hydrogen-bond acceptors (Lipinski definition) is 4. The van der Waals surface area contributed by atoms with Crippen LogP contribution in [0, 0.1) is 5.82 Å². The number of carboxylic acid groups (broad SMARTS) is 1. The lowest BCUT2D eigenvalue weighted by molar-refractivity contribution is -0.138. The van der Waals surface area contributed by atoms with Crippen LogP contribution >= 0.6 is 0 Å². The minimum atomic E-state index is -1.20. The van der Waals surface area contributed by atoms with Crippen molar-refractivity contribution in [2.75, 3.05) is 0 Å². The molecule has 1 unspecified atom stereocenters. The molecule has 0 radical (unpaired) electrons. The van der Waals surface area contributed by atoms with E-state index < -0.39 is 29.5 Å². The Bertz CT molecular complexity index is 733. The van der Waals surface area contributed by atoms with Crippen molar-refractivity contribution >= 4 is 11.9 Å². The minimum absolute atomic E-state index is 0.298. The summed E-state index contributed by atoms with van der Waals surface area (Å²) in [6.07, 6.45) is 1.30. The zero-order chi connectivity index (χ0) is 16.3. The molecule has 3 N–H and O–H groups in total. The number of aliphatic carboxylic acids is 1. The van der Waals surface area contributed by atoms with Crippen LogP contribution in [0.1, 0.15) is 17.4 Å². The number of aromatic nitrogens is 1. The summed E-state index contributed by atoms with van der Waals surface area (Å²) in [5.41, 5.74) is 0.627. The van der Waals surface area contributed by atoms with Gasteiger partial charge in [0.15, 0.2) is 5.69 Å². The maximum Gasteiger partial charge on any atom is 0.325 e. The summed E-state index contributed by atoms with van der Waals surface area (Å²) in [5.74, 6) is -2.87. The molecule has 22 heavy (non-hydrogen) atoms. The second kappa shape index (κ2) is 6.21. The third-order valence-corrected chi connectivity index (χ3v) is 2.96. The van der Waals surface area contributed by atoms with Crippen molar-refractivity contribution in [3.8, 4) is 16.9 Å². The van der Waals surface area contributed by atoms with Gasteiger partial charge in [0, 0.05) is 11.8 Å². The molecule has 0 saturated heterocycles. The van der Waals surface area contributed by atoms with Crippen LogP contribution in [-0.4, -0.2) is 33.1 Å². The van der Waals surface area contributed by atoms with Crippen LogP contribution in [-0.2, 0) is 4.79 Å². The highest BCUT2D eigenvalue weighted by atomic mass is 19.1. The van der Waals surface area contributed by atoms with Crippen LogP contribution in [0.25, 0.3) is 11.1 Å². The molecule has 1 atom stereocenters. The molecule has 0 spiro atoms. The van der Waals surface area contributed by atoms with E-state index in [1.807, 2.05) is 0 Å². The number of nitrogens with one attached hydrogen (secondary N) is 1. The first-order chi connectivity index (χ1) is 10.4. The van der Waals surface area contributed by atoms with E-state index in [0.717, 1.165) is 0 Å². The van der Waals surface area contributed by atoms with Gasteiger partial charge in [-0.1, -0.05) is 12.1 Å². The fourth-order valence-corrected chi connectivity index (χ4v) is 1.78. The summed E-state index contributed by atoms with van der Waals surface area (Å²) in [6.45, 7) is 1.29. The molecule has 2 rings (SSSR count). The average molecular weight is 304 g/mol. The predicted octanol–water partition coefficient (Wildman–Crippen LogP) is 1.80. The molecule has 0 aliphatic carbocycles. The number of nitrogens with zero attached hydrogens (tertiary/aromatic N) is 1. The normalized spacial score (nSPS) is 11.7. The largest absolute Gasteiger partial charge is 0.505 e. The van der Waals surface area contributed by atoms with Gasteiger partial charge < -0.3 is 15.5 Å². The minimum Gasteiger partial charge on any atom is -0.505 e. The maximum absolute atomic E-state index is 13.2. The van der Waals surface area contributed by atoms with Crippen molar-refractivity contribution in [3.05, 3.63) is 48.0 Å². The van der Waals surface area contributed by atoms with E-state index in [0.29, 0.717) is 11.1 Å². The SMILES string of the molecule is CC(NC(=O)c1ncc(-c2cccc(F)c2)cc1O)C(=O)O. The molecule has 0 saturated carbocycles. The highest BCUT2D eigenvalue weighted by Gasteiger charge is 2.19. The number of pyridine rings is 1. The quantitative estimate of drug-likeness (QED) is 0.799. The number of carbonyl (C=O) groups excluding carboxylic acids is 1. The van der Waals surface area contributed by atoms with Crippen molar-refractivity contribution in [1.29, 1.82) is 0 Å². The number of rotatable bonds is 4. The van der Waals surface area contributed by atoms with Gasteiger partial charge in [-0.05, 0) is 30.7 Å². The molecule has 1 amide bonds. The molecule has 1 aromatic carbocycles. The summed E-state index contributed by atoms with van der Waals surface area (Å²) in [6, 6.07) is 5.84. The zero-order valence-electron chi connectivity index (χ0n) is 11.6. The fraction of sp³-hybridized carbons (Fsp3) is 0.133. The Balaban J connectivity index is 2.27. The van der Waals surface area contributed by atoms with E-state index in [1.54, 1.807) is 6.07 Å². The monoisotopic (exact) mass is 304 g/mol. The number of carboxylic acids is 1. The lowest BCUT2D eigenvalue weighted by Crippen LogP contribution is -2.38. The van der Waals surface area contributed by atoms with E-state index in [2.05, 4.69) is 10.3 Å². The topological polar surface area (TPSA) is 99.5 Å². The number of halogens is 1. The molecule has 2 aromatic rings. The van der Waals surface area contributed by atoms with Gasteiger partial charge in [0.1, 0.15) is 17.6 Å². The Kier molecular flexibility index (Phi) is 4.36. The number of carbonyl (C=O) groups is 2. The van der Waals surface area contributed by atoms with Crippen LogP contribution < -0.4 is 5.32 Å². The third-order valence-electron chi connectivity index (χ3n) is 2.96. The Labute approximate surface area is 125 Å². The summed E-state index contributed by atoms with van der Waals surface area (Å²) in [7, 11) is 0. The smallest absolute Gasteiger partial charge is 0.325 e. The van der Waals surface area contributed by atoms with Gasteiger partial charge in [0.25, 0.3) is 5.91 Å². The first-order valence-corrected chi connectivity index (χ1v) is 6.37. The number of benzene rings is 1. The first-order valence-electron chi connectivity index (χ1n) is 6.37. The number of amides is 1. The van der Waals surface area contributed by atoms with E-state index in [4.69, 9.17) is 5.11 Å². The first kappa shape index (κ1) is 15.4. The lowest BCUT2D eigenvalue weighted by Gasteiger charge is -2.10. The Morgan fingerprint density at radius 2 is 2.00 bits per heavy atom. The van der Waals surface area contributed by atoms with E-state index in [-0.39, 0.29) is 5.69 Å². The zero-order valence-corrected chi connectivity index (χ0v) is 11.6. The van der Waals surface area contributed by atoms with Gasteiger partial charge in [0.2, 0.25) is 0 Å². The Morgan fingerprint density at radius 3 is 2.59 bits per heavy atom. The number of hydrogen-bond donors (Lipinski definition) is 3. The van der Waals surface area contributed by atoms with Crippen molar-refractivity contribution in [1.82, 2.24) is 10.3 Å². The lowest BCUT2D eigenvalue weighted by atomic mass is 10.1. The van der Waals surface area contributed by atoms with Crippen molar-refractivity contribution < 1.29 is 24.2 Å². The molecule has 6 nitrogen and oxygen atoms in total. The average Bonchev–Trinajstić information content (AvgIpc) is 2.46. The third kappa shape index (κ3) is 3.38. The second-order valence-electron chi connectivity index (χ2n) is 4.64. The van der Waals surface area contributed by atoms with Crippen LogP contribution in [0.5, 0.6) is 5.75 Å². The molecular formula is C15H13FN2O4. The van der Waals surface area contributed by atoms with E-state index in [9.17, 15) is 19.1 Å². The molecular weight excluding hydrogens is 291 g/mol. The number of aromatic hydroxyl groups is 1. The second-order valence-corrected chi connectivity index (χ2v) is 4.64. The van der Waals surface area contributed by atoms with Crippen LogP contribution in [0.3, 0.4) is 0 Å². The fourth-order valence-electron chi connectivity index (χ4n) is 1.78. The van der Waals surface area contributed by atoms with Crippen molar-refractivity contribution in [2.24, 2.45) is 0 Å².